The molecule has 0 atom stereocenters. The zero-order valence-electron chi connectivity index (χ0n) is 9.86. The van der Waals surface area contributed by atoms with Gasteiger partial charge >= 0.3 is 0 Å². The molecule has 2 N–H and O–H groups in total. The predicted octanol–water partition coefficient (Wildman–Crippen LogP) is 4.47. The van der Waals surface area contributed by atoms with E-state index in [4.69, 9.17) is 10.3 Å². The maximum Gasteiger partial charge on any atom is 0.260 e. The number of hydrogen-bond donors (Lipinski definition) is 1. The van der Waals surface area contributed by atoms with Crippen molar-refractivity contribution in [1.82, 2.24) is 10.1 Å². The molecule has 0 saturated heterocycles. The molecular weight excluding hydrogens is 417 g/mol. The third kappa shape index (κ3) is 2.90. The third-order valence-electron chi connectivity index (χ3n) is 3.25. The number of aromatic nitrogens is 2. The maximum atomic E-state index is 6.31. The highest BCUT2D eigenvalue weighted by Gasteiger charge is 2.36. The second kappa shape index (κ2) is 5.81. The molecule has 104 valence electrons. The van der Waals surface area contributed by atoms with Crippen LogP contribution in [0.15, 0.2) is 18.2 Å². The lowest BCUT2D eigenvalue weighted by molar-refractivity contribution is 0.372. The van der Waals surface area contributed by atoms with E-state index >= 15 is 0 Å². The highest BCUT2D eigenvalue weighted by Crippen LogP contribution is 2.40. The minimum Gasteiger partial charge on any atom is -0.334 e. The van der Waals surface area contributed by atoms with Crippen LogP contribution >= 0.6 is 55.6 Å². The Morgan fingerprint density at radius 2 is 2.00 bits per heavy atom. The summed E-state index contributed by atoms with van der Waals surface area (Å²) in [4.78, 5) is 4.46. The van der Waals surface area contributed by atoms with Crippen LogP contribution in [0.4, 0.5) is 0 Å². The first kappa shape index (κ1) is 15.4. The second-order valence-corrected chi connectivity index (χ2v) is 8.27. The Bertz CT molecular complexity index is 580. The van der Waals surface area contributed by atoms with Crippen molar-refractivity contribution in [3.63, 3.8) is 0 Å². The highest BCUT2D eigenvalue weighted by molar-refractivity contribution is 9.12. The standard InChI is InChI=1S/C11H11Br2N3OS.ClH/c12-7-5-6(8(13)18-7)9-15-10(16-17-9)11(14)3-1-2-4-11;/h5H,1-4,14H2;1H. The molecule has 0 radical (unpaired) electrons. The Morgan fingerprint density at radius 3 is 2.58 bits per heavy atom. The van der Waals surface area contributed by atoms with Crippen molar-refractivity contribution in [2.24, 2.45) is 5.73 Å². The van der Waals surface area contributed by atoms with E-state index in [-0.39, 0.29) is 12.4 Å². The highest BCUT2D eigenvalue weighted by atomic mass is 79.9. The fraction of sp³-hybridized carbons (Fsp3) is 0.455. The first-order valence-electron chi connectivity index (χ1n) is 5.67. The third-order valence-corrected chi connectivity index (χ3v) is 5.59. The van der Waals surface area contributed by atoms with Gasteiger partial charge in [0.15, 0.2) is 5.82 Å². The molecule has 1 aliphatic carbocycles. The number of halogens is 3. The van der Waals surface area contributed by atoms with Gasteiger partial charge in [0, 0.05) is 0 Å². The molecule has 8 heteroatoms. The molecule has 1 aliphatic rings. The van der Waals surface area contributed by atoms with Gasteiger partial charge in [0.25, 0.3) is 5.89 Å². The van der Waals surface area contributed by atoms with Gasteiger partial charge in [-0.25, -0.2) is 0 Å². The average molecular weight is 430 g/mol. The average Bonchev–Trinajstić information content (AvgIpc) is 2.99. The smallest absolute Gasteiger partial charge is 0.260 e. The van der Waals surface area contributed by atoms with Gasteiger partial charge in [0.1, 0.15) is 0 Å². The van der Waals surface area contributed by atoms with Crippen LogP contribution in [0, 0.1) is 0 Å². The van der Waals surface area contributed by atoms with Crippen LogP contribution in [0.5, 0.6) is 0 Å². The fourth-order valence-electron chi connectivity index (χ4n) is 2.25. The molecule has 4 nitrogen and oxygen atoms in total. The van der Waals surface area contributed by atoms with Crippen molar-refractivity contribution >= 4 is 55.6 Å². The summed E-state index contributed by atoms with van der Waals surface area (Å²) in [6.45, 7) is 0. The molecule has 0 amide bonds. The van der Waals surface area contributed by atoms with Crippen molar-refractivity contribution in [3.8, 4) is 11.5 Å². The molecule has 2 aromatic heterocycles. The van der Waals surface area contributed by atoms with Gasteiger partial charge in [0.05, 0.1) is 18.7 Å². The molecule has 0 aromatic carbocycles. The van der Waals surface area contributed by atoms with Gasteiger partial charge in [0.2, 0.25) is 0 Å². The predicted molar refractivity (Wildman–Crippen MR) is 84.6 cm³/mol. The van der Waals surface area contributed by atoms with Crippen LogP contribution in [0.2, 0.25) is 0 Å². The van der Waals surface area contributed by atoms with Crippen LogP contribution in [-0.2, 0) is 5.54 Å². The van der Waals surface area contributed by atoms with E-state index in [1.807, 2.05) is 6.07 Å². The first-order valence-corrected chi connectivity index (χ1v) is 8.07. The van der Waals surface area contributed by atoms with Crippen molar-refractivity contribution in [1.29, 1.82) is 0 Å². The SMILES string of the molecule is Cl.NC1(c2noc(-c3cc(Br)sc3Br)n2)CCCC1. The first-order chi connectivity index (χ1) is 8.58. The van der Waals surface area contributed by atoms with E-state index in [0.717, 1.165) is 38.8 Å². The van der Waals surface area contributed by atoms with Crippen molar-refractivity contribution < 1.29 is 4.52 Å². The molecule has 0 bridgehead atoms. The second-order valence-electron chi connectivity index (χ2n) is 4.52. The quantitative estimate of drug-likeness (QED) is 0.765. The van der Waals surface area contributed by atoms with E-state index in [1.54, 1.807) is 11.3 Å². The van der Waals surface area contributed by atoms with E-state index in [9.17, 15) is 0 Å². The molecule has 0 aliphatic heterocycles. The molecule has 3 rings (SSSR count). The minimum atomic E-state index is -0.401. The Labute approximate surface area is 137 Å². The number of nitrogens with two attached hydrogens (primary N) is 1. The molecule has 0 spiro atoms. The summed E-state index contributed by atoms with van der Waals surface area (Å²) in [7, 11) is 0. The normalized spacial score (nSPS) is 17.4. The molecule has 1 saturated carbocycles. The molecular formula is C11H12Br2ClN3OS. The summed E-state index contributed by atoms with van der Waals surface area (Å²) >= 11 is 8.51. The molecule has 2 heterocycles. The number of thiophene rings is 1. The van der Waals surface area contributed by atoms with Gasteiger partial charge in [-0.05, 0) is 50.8 Å². The van der Waals surface area contributed by atoms with Crippen LogP contribution in [0.3, 0.4) is 0 Å². The zero-order chi connectivity index (χ0) is 12.8. The van der Waals surface area contributed by atoms with Crippen molar-refractivity contribution in [2.75, 3.05) is 0 Å². The molecule has 2 aromatic rings. The van der Waals surface area contributed by atoms with E-state index < -0.39 is 5.54 Å². The van der Waals surface area contributed by atoms with Gasteiger partial charge in [-0.2, -0.15) is 4.98 Å². The van der Waals surface area contributed by atoms with E-state index in [1.165, 1.54) is 0 Å². The van der Waals surface area contributed by atoms with E-state index in [2.05, 4.69) is 42.0 Å². The summed E-state index contributed by atoms with van der Waals surface area (Å²) in [6, 6.07) is 1.96. The van der Waals surface area contributed by atoms with Crippen LogP contribution in [0.1, 0.15) is 31.5 Å². The van der Waals surface area contributed by atoms with Crippen LogP contribution in [-0.4, -0.2) is 10.1 Å². The van der Waals surface area contributed by atoms with Crippen molar-refractivity contribution in [3.05, 3.63) is 19.5 Å². The topological polar surface area (TPSA) is 64.9 Å². The lowest BCUT2D eigenvalue weighted by atomic mass is 9.99. The lowest BCUT2D eigenvalue weighted by Gasteiger charge is -2.17. The maximum absolute atomic E-state index is 6.31. The molecule has 0 unspecified atom stereocenters. The number of nitrogens with zero attached hydrogens (tertiary/aromatic N) is 2. The van der Waals surface area contributed by atoms with Crippen LogP contribution < -0.4 is 5.73 Å². The number of hydrogen-bond acceptors (Lipinski definition) is 5. The van der Waals surface area contributed by atoms with Crippen LogP contribution in [0.25, 0.3) is 11.5 Å². The van der Waals surface area contributed by atoms with Gasteiger partial charge < -0.3 is 10.3 Å². The Morgan fingerprint density at radius 1 is 1.32 bits per heavy atom. The molecule has 19 heavy (non-hydrogen) atoms. The molecule has 1 fully saturated rings. The summed E-state index contributed by atoms with van der Waals surface area (Å²) < 4.78 is 7.33. The lowest BCUT2D eigenvalue weighted by Crippen LogP contribution is -2.34. The van der Waals surface area contributed by atoms with Crippen molar-refractivity contribution in [2.45, 2.75) is 31.2 Å². The summed E-state index contributed by atoms with van der Waals surface area (Å²) in [5, 5.41) is 4.05. The Hall–Kier alpha value is 0.0500. The van der Waals surface area contributed by atoms with Gasteiger partial charge in [-0.1, -0.05) is 18.0 Å². The fourth-order valence-corrected chi connectivity index (χ4v) is 5.03. The Balaban J connectivity index is 0.00000133. The minimum absolute atomic E-state index is 0. The summed E-state index contributed by atoms with van der Waals surface area (Å²) in [5.41, 5.74) is 6.82. The Kier molecular flexibility index (Phi) is 4.72. The van der Waals surface area contributed by atoms with Gasteiger partial charge in [-0.15, -0.1) is 23.7 Å². The van der Waals surface area contributed by atoms with E-state index in [0.29, 0.717) is 11.7 Å². The summed E-state index contributed by atoms with van der Waals surface area (Å²) in [6.07, 6.45) is 4.13. The summed E-state index contributed by atoms with van der Waals surface area (Å²) in [5.74, 6) is 1.15. The largest absolute Gasteiger partial charge is 0.334 e. The monoisotopic (exact) mass is 427 g/mol. The number of rotatable bonds is 2. The zero-order valence-corrected chi connectivity index (χ0v) is 14.7. The van der Waals surface area contributed by atoms with Gasteiger partial charge in [-0.3, -0.25) is 0 Å².